The van der Waals surface area contributed by atoms with Gasteiger partial charge in [-0.15, -0.1) is 0 Å². The second-order valence-corrected chi connectivity index (χ2v) is 7.66. The van der Waals surface area contributed by atoms with Crippen molar-refractivity contribution in [1.82, 2.24) is 0 Å². The lowest BCUT2D eigenvalue weighted by Gasteiger charge is -2.17. The first-order chi connectivity index (χ1) is 15.7. The van der Waals surface area contributed by atoms with Crippen LogP contribution in [0.5, 0.6) is 11.5 Å². The molecule has 0 aliphatic rings. The number of ether oxygens (including phenoxy) is 2. The maximum atomic E-state index is 13.8. The predicted octanol–water partition coefficient (Wildman–Crippen LogP) is 6.01. The van der Waals surface area contributed by atoms with Crippen LogP contribution in [0.3, 0.4) is 0 Å². The largest absolute Gasteiger partial charge is 0.495 e. The fourth-order valence-electron chi connectivity index (χ4n) is 3.02. The molecular weight excluding hydrogens is 472 g/mol. The molecule has 0 heterocycles. The molecule has 3 aromatic rings. The van der Waals surface area contributed by atoms with Gasteiger partial charge < -0.3 is 25.4 Å². The number of amides is 1. The Balaban J connectivity index is 1.71. The number of hydrogen-bond donors (Lipinski definition) is 3. The predicted molar refractivity (Wildman–Crippen MR) is 130 cm³/mol. The van der Waals surface area contributed by atoms with E-state index in [0.717, 1.165) is 17.7 Å². The average molecular weight is 492 g/mol. The Labute approximate surface area is 199 Å². The quantitative estimate of drug-likeness (QED) is 0.367. The van der Waals surface area contributed by atoms with E-state index in [1.54, 1.807) is 37.3 Å². The molecular formula is C23H20ClF2N3O3S. The Kier molecular flexibility index (Phi) is 7.67. The van der Waals surface area contributed by atoms with Crippen LogP contribution < -0.4 is 25.4 Å². The van der Waals surface area contributed by atoms with Crippen molar-refractivity contribution in [3.05, 3.63) is 76.3 Å². The summed E-state index contributed by atoms with van der Waals surface area (Å²) >= 11 is 11.6. The van der Waals surface area contributed by atoms with E-state index in [4.69, 9.17) is 33.3 Å². The minimum atomic E-state index is -0.937. The van der Waals surface area contributed by atoms with Crippen molar-refractivity contribution >= 4 is 51.9 Å². The lowest BCUT2D eigenvalue weighted by molar-refractivity contribution is 0.101. The standard InChI is InChI=1S/C23H20ClF2N3O3S/c1-12-9-13(27-22(30)21-15(25)5-4-6-16(21)26)7-8-17(12)28-23(33)29-18-10-14(24)19(31-2)11-20(18)32-3/h4-11H,1-3H3,(H,27,30)(H2,28,29,33). The SMILES string of the molecule is COc1cc(OC)c(NC(=S)Nc2ccc(NC(=O)c3c(F)cccc3F)cc2C)cc1Cl. The summed E-state index contributed by atoms with van der Waals surface area (Å²) in [4.78, 5) is 12.3. The number of carbonyl (C=O) groups is 1. The first-order valence-electron chi connectivity index (χ1n) is 9.59. The summed E-state index contributed by atoms with van der Waals surface area (Å²) in [7, 11) is 3.01. The van der Waals surface area contributed by atoms with E-state index in [-0.39, 0.29) is 5.11 Å². The molecule has 33 heavy (non-hydrogen) atoms. The summed E-state index contributed by atoms with van der Waals surface area (Å²) in [5.74, 6) is -1.82. The molecule has 0 unspecified atom stereocenters. The maximum Gasteiger partial charge on any atom is 0.261 e. The minimum Gasteiger partial charge on any atom is -0.495 e. The van der Waals surface area contributed by atoms with Gasteiger partial charge in [-0.3, -0.25) is 4.79 Å². The van der Waals surface area contributed by atoms with Crippen LogP contribution in [-0.2, 0) is 0 Å². The fourth-order valence-corrected chi connectivity index (χ4v) is 3.48. The maximum absolute atomic E-state index is 13.8. The van der Waals surface area contributed by atoms with Gasteiger partial charge in [-0.25, -0.2) is 8.78 Å². The van der Waals surface area contributed by atoms with Crippen molar-refractivity contribution in [2.75, 3.05) is 30.2 Å². The number of rotatable bonds is 6. The molecule has 0 saturated heterocycles. The van der Waals surface area contributed by atoms with E-state index in [2.05, 4.69) is 16.0 Å². The summed E-state index contributed by atoms with van der Waals surface area (Å²) in [6.07, 6.45) is 0. The molecule has 0 spiro atoms. The highest BCUT2D eigenvalue weighted by molar-refractivity contribution is 7.80. The zero-order valence-electron chi connectivity index (χ0n) is 17.9. The Hall–Kier alpha value is -3.43. The number of hydrogen-bond acceptors (Lipinski definition) is 4. The van der Waals surface area contributed by atoms with Crippen molar-refractivity contribution < 1.29 is 23.0 Å². The minimum absolute atomic E-state index is 0.267. The topological polar surface area (TPSA) is 71.6 Å². The molecule has 0 fully saturated rings. The Morgan fingerprint density at radius 3 is 2.15 bits per heavy atom. The molecule has 0 aromatic heterocycles. The lowest BCUT2D eigenvalue weighted by atomic mass is 10.1. The summed E-state index contributed by atoms with van der Waals surface area (Å²) < 4.78 is 38.2. The Morgan fingerprint density at radius 1 is 0.909 bits per heavy atom. The molecule has 0 aliphatic carbocycles. The van der Waals surface area contributed by atoms with E-state index in [9.17, 15) is 13.6 Å². The van der Waals surface area contributed by atoms with Crippen LogP contribution in [0.15, 0.2) is 48.5 Å². The Morgan fingerprint density at radius 2 is 1.55 bits per heavy atom. The number of benzene rings is 3. The van der Waals surface area contributed by atoms with E-state index < -0.39 is 23.1 Å². The second-order valence-electron chi connectivity index (χ2n) is 6.85. The summed E-state index contributed by atoms with van der Waals surface area (Å²) in [6, 6.07) is 11.4. The lowest BCUT2D eigenvalue weighted by Crippen LogP contribution is -2.20. The van der Waals surface area contributed by atoms with Gasteiger partial charge in [-0.05, 0) is 61.1 Å². The van der Waals surface area contributed by atoms with Gasteiger partial charge in [0.05, 0.1) is 24.9 Å². The van der Waals surface area contributed by atoms with Gasteiger partial charge in [0, 0.05) is 17.4 Å². The number of halogens is 3. The van der Waals surface area contributed by atoms with Crippen LogP contribution >= 0.6 is 23.8 Å². The molecule has 0 aliphatic heterocycles. The average Bonchev–Trinajstić information content (AvgIpc) is 2.75. The molecule has 3 rings (SSSR count). The van der Waals surface area contributed by atoms with Crippen molar-refractivity contribution in [1.29, 1.82) is 0 Å². The molecule has 10 heteroatoms. The van der Waals surface area contributed by atoms with Crippen molar-refractivity contribution in [3.63, 3.8) is 0 Å². The third kappa shape index (κ3) is 5.68. The number of aryl methyl sites for hydroxylation is 1. The number of anilines is 3. The van der Waals surface area contributed by atoms with E-state index in [1.807, 2.05) is 0 Å². The zero-order chi connectivity index (χ0) is 24.1. The molecule has 172 valence electrons. The first kappa shape index (κ1) is 24.2. The number of carbonyl (C=O) groups excluding carboxylic acids is 1. The summed E-state index contributed by atoms with van der Waals surface area (Å²) in [5.41, 5.74) is 1.64. The highest BCUT2D eigenvalue weighted by atomic mass is 35.5. The van der Waals surface area contributed by atoms with Gasteiger partial charge in [-0.2, -0.15) is 0 Å². The highest BCUT2D eigenvalue weighted by Gasteiger charge is 2.17. The van der Waals surface area contributed by atoms with Gasteiger partial charge in [0.15, 0.2) is 5.11 Å². The molecule has 0 saturated carbocycles. The van der Waals surface area contributed by atoms with Crippen LogP contribution in [0.4, 0.5) is 25.8 Å². The molecule has 3 aromatic carbocycles. The molecule has 0 radical (unpaired) electrons. The van der Waals surface area contributed by atoms with E-state index >= 15 is 0 Å². The van der Waals surface area contributed by atoms with Crippen molar-refractivity contribution in [2.24, 2.45) is 0 Å². The first-order valence-corrected chi connectivity index (χ1v) is 10.4. The smallest absolute Gasteiger partial charge is 0.261 e. The third-order valence-electron chi connectivity index (χ3n) is 4.64. The van der Waals surface area contributed by atoms with Gasteiger partial charge in [0.2, 0.25) is 0 Å². The van der Waals surface area contributed by atoms with Gasteiger partial charge >= 0.3 is 0 Å². The fraction of sp³-hybridized carbons (Fsp3) is 0.130. The van der Waals surface area contributed by atoms with Crippen LogP contribution in [-0.4, -0.2) is 25.2 Å². The normalized spacial score (nSPS) is 10.4. The molecule has 0 atom stereocenters. The van der Waals surface area contributed by atoms with Crippen LogP contribution in [0, 0.1) is 18.6 Å². The van der Waals surface area contributed by atoms with Gasteiger partial charge in [-0.1, -0.05) is 17.7 Å². The third-order valence-corrected chi connectivity index (χ3v) is 5.14. The van der Waals surface area contributed by atoms with Crippen LogP contribution in [0.1, 0.15) is 15.9 Å². The van der Waals surface area contributed by atoms with Gasteiger partial charge in [0.25, 0.3) is 5.91 Å². The molecule has 3 N–H and O–H groups in total. The Bertz CT molecular complexity index is 1200. The van der Waals surface area contributed by atoms with Crippen LogP contribution in [0.2, 0.25) is 5.02 Å². The van der Waals surface area contributed by atoms with Gasteiger partial charge in [0.1, 0.15) is 28.7 Å². The summed E-state index contributed by atoms with van der Waals surface area (Å²) in [6.45, 7) is 1.79. The van der Waals surface area contributed by atoms with E-state index in [1.165, 1.54) is 20.3 Å². The van der Waals surface area contributed by atoms with Crippen molar-refractivity contribution in [3.8, 4) is 11.5 Å². The molecule has 1 amide bonds. The monoisotopic (exact) mass is 491 g/mol. The molecule has 6 nitrogen and oxygen atoms in total. The van der Waals surface area contributed by atoms with E-state index in [0.29, 0.717) is 33.6 Å². The number of thiocarbonyl (C=S) groups is 1. The van der Waals surface area contributed by atoms with Crippen LogP contribution in [0.25, 0.3) is 0 Å². The second kappa shape index (κ2) is 10.5. The molecule has 0 bridgehead atoms. The van der Waals surface area contributed by atoms with Crippen molar-refractivity contribution in [2.45, 2.75) is 6.92 Å². The highest BCUT2D eigenvalue weighted by Crippen LogP contribution is 2.36. The summed E-state index contributed by atoms with van der Waals surface area (Å²) in [5, 5.41) is 9.20. The number of nitrogens with one attached hydrogen (secondary N) is 3. The number of methoxy groups -OCH3 is 2. The zero-order valence-corrected chi connectivity index (χ0v) is 19.5.